The SMILES string of the molecule is CCO[Si](C)(OCC)C(F)(F)N(F)c1cccc(F)c1F. The molecule has 0 aliphatic carbocycles. The maximum Gasteiger partial charge on any atom is 0.442 e. The second-order valence-electron chi connectivity index (χ2n) is 4.21. The number of rotatable bonds is 7. The summed E-state index contributed by atoms with van der Waals surface area (Å²) in [7, 11) is -4.33. The van der Waals surface area contributed by atoms with E-state index in [0.29, 0.717) is 12.1 Å². The molecule has 0 unspecified atom stereocenters. The number of benzene rings is 1. The van der Waals surface area contributed by atoms with E-state index in [1.54, 1.807) is 0 Å². The van der Waals surface area contributed by atoms with E-state index < -0.39 is 36.7 Å². The molecule has 0 N–H and O–H groups in total. The van der Waals surface area contributed by atoms with E-state index in [0.717, 1.165) is 12.6 Å². The normalized spacial score (nSPS) is 12.6. The third kappa shape index (κ3) is 3.35. The predicted octanol–water partition coefficient (Wildman–Crippen LogP) is 3.93. The summed E-state index contributed by atoms with van der Waals surface area (Å²) in [6.45, 7) is 3.61. The van der Waals surface area contributed by atoms with E-state index in [-0.39, 0.29) is 13.2 Å². The van der Waals surface area contributed by atoms with E-state index in [9.17, 15) is 22.0 Å². The molecule has 1 rings (SSSR count). The van der Waals surface area contributed by atoms with Gasteiger partial charge in [0.05, 0.1) is 0 Å². The van der Waals surface area contributed by atoms with Gasteiger partial charge in [-0.25, -0.2) is 8.78 Å². The third-order valence-electron chi connectivity index (χ3n) is 2.78. The summed E-state index contributed by atoms with van der Waals surface area (Å²) in [6, 6.07) is 2.34. The van der Waals surface area contributed by atoms with E-state index >= 15 is 0 Å². The second-order valence-corrected chi connectivity index (χ2v) is 7.28. The minimum absolute atomic E-state index is 0.127. The molecule has 0 aliphatic heterocycles. The summed E-state index contributed by atoms with van der Waals surface area (Å²) in [6.07, 6.45) is 0. The Morgan fingerprint density at radius 2 is 1.67 bits per heavy atom. The van der Waals surface area contributed by atoms with Crippen LogP contribution in [-0.2, 0) is 8.85 Å². The molecule has 0 radical (unpaired) electrons. The van der Waals surface area contributed by atoms with Crippen molar-refractivity contribution >= 4 is 14.2 Å². The lowest BCUT2D eigenvalue weighted by Gasteiger charge is -2.36. The molecule has 1 aromatic carbocycles. The van der Waals surface area contributed by atoms with Crippen LogP contribution in [0, 0.1) is 11.6 Å². The molecular formula is C12H16F5NO2Si. The molecule has 21 heavy (non-hydrogen) atoms. The summed E-state index contributed by atoms with van der Waals surface area (Å²) >= 11 is 0. The van der Waals surface area contributed by atoms with Crippen LogP contribution in [0.1, 0.15) is 13.8 Å². The van der Waals surface area contributed by atoms with Crippen molar-refractivity contribution in [2.75, 3.05) is 18.3 Å². The van der Waals surface area contributed by atoms with Crippen molar-refractivity contribution in [1.82, 2.24) is 0 Å². The highest BCUT2D eigenvalue weighted by Crippen LogP contribution is 2.38. The van der Waals surface area contributed by atoms with E-state index in [1.165, 1.54) is 13.8 Å². The Hall–Kier alpha value is -1.19. The Morgan fingerprint density at radius 3 is 2.14 bits per heavy atom. The molecule has 9 heteroatoms. The molecule has 0 aromatic heterocycles. The molecule has 0 atom stereocenters. The lowest BCUT2D eigenvalue weighted by Crippen LogP contribution is -2.63. The Labute approximate surface area is 120 Å². The van der Waals surface area contributed by atoms with Crippen LogP contribution in [0.25, 0.3) is 0 Å². The van der Waals surface area contributed by atoms with Gasteiger partial charge in [0, 0.05) is 13.2 Å². The van der Waals surface area contributed by atoms with Gasteiger partial charge in [-0.1, -0.05) is 10.5 Å². The lowest BCUT2D eigenvalue weighted by molar-refractivity contribution is -0.0246. The Bertz CT molecular complexity index is 483. The Kier molecular flexibility index (Phi) is 5.71. The monoisotopic (exact) mass is 329 g/mol. The summed E-state index contributed by atoms with van der Waals surface area (Å²) in [5.74, 6) is -3.13. The second kappa shape index (κ2) is 6.71. The van der Waals surface area contributed by atoms with Crippen molar-refractivity contribution in [3.05, 3.63) is 29.8 Å². The van der Waals surface area contributed by atoms with Gasteiger partial charge >= 0.3 is 14.2 Å². The van der Waals surface area contributed by atoms with Gasteiger partial charge in [-0.05, 0) is 32.5 Å². The Balaban J connectivity index is 3.23. The van der Waals surface area contributed by atoms with Crippen LogP contribution in [0.5, 0.6) is 0 Å². The average molecular weight is 329 g/mol. The minimum atomic E-state index is -4.33. The van der Waals surface area contributed by atoms with Gasteiger partial charge in [0.2, 0.25) is 0 Å². The van der Waals surface area contributed by atoms with Crippen molar-refractivity contribution in [1.29, 1.82) is 0 Å². The first-order valence-corrected chi connectivity index (χ1v) is 8.58. The standard InChI is InChI=1S/C12H16F5NO2Si/c1-4-19-21(3,20-5-2)12(15,16)18(17)10-8-6-7-9(13)11(10)14/h6-8H,4-5H2,1-3H3. The number of halogens is 5. The van der Waals surface area contributed by atoms with Crippen molar-refractivity contribution in [2.45, 2.75) is 26.1 Å². The molecule has 0 fully saturated rings. The van der Waals surface area contributed by atoms with Crippen molar-refractivity contribution in [3.63, 3.8) is 0 Å². The Morgan fingerprint density at radius 1 is 1.14 bits per heavy atom. The smallest absolute Gasteiger partial charge is 0.390 e. The number of alkyl halides is 2. The quantitative estimate of drug-likeness (QED) is 0.327. The molecule has 0 aliphatic rings. The lowest BCUT2D eigenvalue weighted by atomic mass is 10.3. The van der Waals surface area contributed by atoms with E-state index in [2.05, 4.69) is 0 Å². The molecule has 0 amide bonds. The van der Waals surface area contributed by atoms with Crippen LogP contribution in [-0.4, -0.2) is 27.4 Å². The fourth-order valence-electron chi connectivity index (χ4n) is 1.74. The maximum absolute atomic E-state index is 14.3. The fourth-order valence-corrected chi connectivity index (χ4v) is 3.75. The van der Waals surface area contributed by atoms with Gasteiger partial charge in [0.25, 0.3) is 0 Å². The van der Waals surface area contributed by atoms with Crippen LogP contribution < -0.4 is 5.12 Å². The highest BCUT2D eigenvalue weighted by Gasteiger charge is 2.63. The molecule has 0 saturated heterocycles. The van der Waals surface area contributed by atoms with Gasteiger partial charge in [0.15, 0.2) is 11.6 Å². The molecule has 0 heterocycles. The molecule has 0 saturated carbocycles. The van der Waals surface area contributed by atoms with Crippen LogP contribution in [0.2, 0.25) is 6.55 Å². The fraction of sp³-hybridized carbons (Fsp3) is 0.500. The highest BCUT2D eigenvalue weighted by atomic mass is 28.4. The van der Waals surface area contributed by atoms with Gasteiger partial charge in [-0.15, -0.1) is 5.12 Å². The predicted molar refractivity (Wildman–Crippen MR) is 69.8 cm³/mol. The minimum Gasteiger partial charge on any atom is -0.390 e. The zero-order valence-corrected chi connectivity index (χ0v) is 12.8. The van der Waals surface area contributed by atoms with Crippen LogP contribution in [0.4, 0.5) is 27.7 Å². The summed E-state index contributed by atoms with van der Waals surface area (Å²) < 4.78 is 79.0. The van der Waals surface area contributed by atoms with Crippen LogP contribution in [0.3, 0.4) is 0 Å². The summed E-state index contributed by atoms with van der Waals surface area (Å²) in [5.41, 5.74) is -5.45. The largest absolute Gasteiger partial charge is 0.442 e. The number of nitrogens with zero attached hydrogens (tertiary/aromatic N) is 1. The highest BCUT2D eigenvalue weighted by molar-refractivity contribution is 6.69. The number of anilines is 1. The zero-order chi connectivity index (χ0) is 16.3. The van der Waals surface area contributed by atoms with Crippen molar-refractivity contribution < 1.29 is 30.9 Å². The molecule has 0 spiro atoms. The zero-order valence-electron chi connectivity index (χ0n) is 11.8. The van der Waals surface area contributed by atoms with Crippen molar-refractivity contribution in [3.8, 4) is 0 Å². The number of hydrogen-bond donors (Lipinski definition) is 0. The first-order valence-electron chi connectivity index (χ1n) is 6.27. The molecule has 1 aromatic rings. The first kappa shape index (κ1) is 17.9. The van der Waals surface area contributed by atoms with Crippen molar-refractivity contribution in [2.24, 2.45) is 0 Å². The maximum atomic E-state index is 14.3. The molecule has 120 valence electrons. The van der Waals surface area contributed by atoms with Crippen LogP contribution >= 0.6 is 0 Å². The van der Waals surface area contributed by atoms with Crippen LogP contribution in [0.15, 0.2) is 18.2 Å². The van der Waals surface area contributed by atoms with Gasteiger partial charge < -0.3 is 8.85 Å². The van der Waals surface area contributed by atoms with Gasteiger partial charge in [-0.2, -0.15) is 8.78 Å². The van der Waals surface area contributed by atoms with E-state index in [1.807, 2.05) is 0 Å². The number of hydrogen-bond acceptors (Lipinski definition) is 3. The molecule has 3 nitrogen and oxygen atoms in total. The van der Waals surface area contributed by atoms with E-state index in [4.69, 9.17) is 8.85 Å². The summed E-state index contributed by atoms with van der Waals surface area (Å²) in [4.78, 5) is 0. The molecular weight excluding hydrogens is 313 g/mol. The third-order valence-corrected chi connectivity index (χ3v) is 5.74. The first-order chi connectivity index (χ1) is 9.71. The molecule has 0 bridgehead atoms. The average Bonchev–Trinajstić information content (AvgIpc) is 2.41. The van der Waals surface area contributed by atoms with Gasteiger partial charge in [-0.3, -0.25) is 0 Å². The van der Waals surface area contributed by atoms with Gasteiger partial charge in [0.1, 0.15) is 5.69 Å². The topological polar surface area (TPSA) is 21.7 Å². The summed E-state index contributed by atoms with van der Waals surface area (Å²) in [5, 5.41) is -1.12.